The molecule has 1 aliphatic rings. The predicted molar refractivity (Wildman–Crippen MR) is 139 cm³/mol. The first kappa shape index (κ1) is 24.4. The zero-order valence-electron chi connectivity index (χ0n) is 19.7. The van der Waals surface area contributed by atoms with Crippen molar-refractivity contribution in [2.75, 3.05) is 12.4 Å². The van der Waals surface area contributed by atoms with E-state index in [9.17, 15) is 9.18 Å². The number of nitrogens with zero attached hydrogens (tertiary/aromatic N) is 1. The largest absolute Gasteiger partial charge is 0.495 e. The molecule has 0 aliphatic heterocycles. The third-order valence-electron chi connectivity index (χ3n) is 6.29. The fourth-order valence-corrected chi connectivity index (χ4v) is 5.82. The maximum absolute atomic E-state index is 13.6. The average molecular weight is 499 g/mol. The quantitative estimate of drug-likeness (QED) is 0.366. The van der Waals surface area contributed by atoms with Gasteiger partial charge in [-0.05, 0) is 72.1 Å². The minimum atomic E-state index is -0.322. The highest BCUT2D eigenvalue weighted by Crippen LogP contribution is 2.45. The van der Waals surface area contributed by atoms with E-state index >= 15 is 0 Å². The zero-order chi connectivity index (χ0) is 24.5. The summed E-state index contributed by atoms with van der Waals surface area (Å²) in [4.78, 5) is 19.3. The second-order valence-corrected chi connectivity index (χ2v) is 11.1. The van der Waals surface area contributed by atoms with E-state index in [-0.39, 0.29) is 17.1 Å². The summed E-state index contributed by atoms with van der Waals surface area (Å²) < 4.78 is 18.8. The number of carbonyl (C=O) groups is 1. The molecule has 1 N–H and O–H groups in total. The van der Waals surface area contributed by atoms with E-state index in [0.29, 0.717) is 38.5 Å². The molecule has 1 aromatic heterocycles. The molecule has 34 heavy (non-hydrogen) atoms. The lowest BCUT2D eigenvalue weighted by Gasteiger charge is -2.33. The van der Waals surface area contributed by atoms with Gasteiger partial charge in [0.05, 0.1) is 17.7 Å². The number of halogens is 2. The van der Waals surface area contributed by atoms with Crippen LogP contribution in [0.15, 0.2) is 47.5 Å². The molecule has 1 amide bonds. The number of anilines is 1. The van der Waals surface area contributed by atoms with Gasteiger partial charge in [-0.2, -0.15) is 0 Å². The van der Waals surface area contributed by atoms with Crippen molar-refractivity contribution < 1.29 is 13.9 Å². The van der Waals surface area contributed by atoms with E-state index in [1.807, 2.05) is 0 Å². The molecule has 3 aromatic rings. The highest BCUT2D eigenvalue weighted by Gasteiger charge is 2.33. The fraction of sp³-hybridized carbons (Fsp3) is 0.333. The molecule has 0 radical (unpaired) electrons. The Hall–Kier alpha value is -2.70. The normalized spacial score (nSPS) is 15.9. The maximum Gasteiger partial charge on any atom is 0.259 e. The summed E-state index contributed by atoms with van der Waals surface area (Å²) in [5, 5.41) is 4.03. The molecule has 0 saturated carbocycles. The number of rotatable bonds is 5. The first-order chi connectivity index (χ1) is 16.2. The molecule has 0 unspecified atom stereocenters. The highest BCUT2D eigenvalue weighted by atomic mass is 35.5. The van der Waals surface area contributed by atoms with Crippen LogP contribution in [0.4, 0.5) is 15.1 Å². The number of amides is 1. The van der Waals surface area contributed by atoms with E-state index in [2.05, 4.69) is 31.1 Å². The van der Waals surface area contributed by atoms with Gasteiger partial charge in [0.2, 0.25) is 0 Å². The summed E-state index contributed by atoms with van der Waals surface area (Å²) in [5.41, 5.74) is 3.07. The molecular weight excluding hydrogens is 471 g/mol. The lowest BCUT2D eigenvalue weighted by molar-refractivity contribution is 0.102. The number of nitrogens with one attached hydrogen (secondary N) is 1. The number of hydrogen-bond acceptors (Lipinski definition) is 4. The Morgan fingerprint density at radius 3 is 2.74 bits per heavy atom. The van der Waals surface area contributed by atoms with Crippen molar-refractivity contribution in [3.63, 3.8) is 0 Å². The minimum absolute atomic E-state index is 0.189. The maximum atomic E-state index is 13.6. The third-order valence-corrected chi connectivity index (χ3v) is 7.75. The standard InChI is InChI=1S/C27H28ClFN2O2S/c1-27(2,3)17-8-10-20-23(13-17)34-26(30-15-16-6-5-7-18(29)12-16)24(20)25(32)31-19-9-11-22(33-4)21(28)14-19/h5-7,9,11-12,14-15,17H,8,10,13H2,1-4H3,(H,31,32)/t17-/m0/s1. The molecule has 1 atom stereocenters. The average Bonchev–Trinajstić information content (AvgIpc) is 3.15. The number of methoxy groups -OCH3 is 1. The van der Waals surface area contributed by atoms with Gasteiger partial charge in [0, 0.05) is 16.8 Å². The number of hydrogen-bond donors (Lipinski definition) is 1. The van der Waals surface area contributed by atoms with Crippen molar-refractivity contribution in [2.45, 2.75) is 40.0 Å². The molecule has 7 heteroatoms. The van der Waals surface area contributed by atoms with Gasteiger partial charge in [0.1, 0.15) is 16.6 Å². The second-order valence-electron chi connectivity index (χ2n) is 9.61. The molecule has 0 spiro atoms. The van der Waals surface area contributed by atoms with Crippen LogP contribution < -0.4 is 10.1 Å². The van der Waals surface area contributed by atoms with Crippen LogP contribution in [-0.4, -0.2) is 19.2 Å². The molecule has 0 bridgehead atoms. The predicted octanol–water partition coefficient (Wildman–Crippen LogP) is 7.70. The lowest BCUT2D eigenvalue weighted by Crippen LogP contribution is -2.27. The Labute approximate surface area is 208 Å². The Bertz CT molecular complexity index is 1250. The van der Waals surface area contributed by atoms with Gasteiger partial charge in [0.15, 0.2) is 0 Å². The van der Waals surface area contributed by atoms with Gasteiger partial charge in [-0.15, -0.1) is 11.3 Å². The molecule has 4 rings (SSSR count). The second kappa shape index (κ2) is 9.88. The van der Waals surface area contributed by atoms with Crippen LogP contribution in [0.2, 0.25) is 5.02 Å². The topological polar surface area (TPSA) is 50.7 Å². The number of carbonyl (C=O) groups excluding carboxylic acids is 1. The number of benzene rings is 2. The van der Waals surface area contributed by atoms with Gasteiger partial charge in [-0.3, -0.25) is 4.79 Å². The number of fused-ring (bicyclic) bond motifs is 1. The lowest BCUT2D eigenvalue weighted by atomic mass is 9.72. The van der Waals surface area contributed by atoms with Gasteiger partial charge in [-0.1, -0.05) is 44.5 Å². The van der Waals surface area contributed by atoms with E-state index in [4.69, 9.17) is 16.3 Å². The molecule has 0 saturated heterocycles. The number of thiophene rings is 1. The molecule has 178 valence electrons. The van der Waals surface area contributed by atoms with Crippen LogP contribution in [0.5, 0.6) is 5.75 Å². The first-order valence-electron chi connectivity index (χ1n) is 11.2. The van der Waals surface area contributed by atoms with Gasteiger partial charge < -0.3 is 10.1 Å². The van der Waals surface area contributed by atoms with Crippen LogP contribution in [0.25, 0.3) is 0 Å². The molecule has 2 aromatic carbocycles. The van der Waals surface area contributed by atoms with Crippen molar-refractivity contribution in [1.29, 1.82) is 0 Å². The summed E-state index contributed by atoms with van der Waals surface area (Å²) in [5.74, 6) is 0.535. The van der Waals surface area contributed by atoms with Crippen LogP contribution in [0, 0.1) is 17.2 Å². The Balaban J connectivity index is 1.70. The highest BCUT2D eigenvalue weighted by molar-refractivity contribution is 7.16. The van der Waals surface area contributed by atoms with E-state index < -0.39 is 0 Å². The molecule has 1 aliphatic carbocycles. The zero-order valence-corrected chi connectivity index (χ0v) is 21.3. The minimum Gasteiger partial charge on any atom is -0.495 e. The van der Waals surface area contributed by atoms with Crippen molar-refractivity contribution in [3.8, 4) is 5.75 Å². The first-order valence-corrected chi connectivity index (χ1v) is 12.4. The van der Waals surface area contributed by atoms with E-state index in [0.717, 1.165) is 24.8 Å². The third kappa shape index (κ3) is 5.34. The van der Waals surface area contributed by atoms with Crippen molar-refractivity contribution in [2.24, 2.45) is 16.3 Å². The number of ether oxygens (including phenoxy) is 1. The van der Waals surface area contributed by atoms with Gasteiger partial charge in [-0.25, -0.2) is 9.38 Å². The van der Waals surface area contributed by atoms with E-state index in [1.165, 1.54) is 17.0 Å². The number of aliphatic imine (C=N–C) groups is 1. The van der Waals surface area contributed by atoms with Gasteiger partial charge in [0.25, 0.3) is 5.91 Å². The Morgan fingerprint density at radius 1 is 1.26 bits per heavy atom. The molecule has 4 nitrogen and oxygen atoms in total. The monoisotopic (exact) mass is 498 g/mol. The fourth-order valence-electron chi connectivity index (χ4n) is 4.29. The van der Waals surface area contributed by atoms with Crippen LogP contribution in [0.3, 0.4) is 0 Å². The van der Waals surface area contributed by atoms with E-state index in [1.54, 1.807) is 55.0 Å². The summed E-state index contributed by atoms with van der Waals surface area (Å²) in [6.07, 6.45) is 4.39. The summed E-state index contributed by atoms with van der Waals surface area (Å²) in [6.45, 7) is 6.79. The van der Waals surface area contributed by atoms with Crippen LogP contribution >= 0.6 is 22.9 Å². The molecule has 0 fully saturated rings. The van der Waals surface area contributed by atoms with Crippen molar-refractivity contribution in [1.82, 2.24) is 0 Å². The smallest absolute Gasteiger partial charge is 0.259 e. The van der Waals surface area contributed by atoms with Crippen molar-refractivity contribution >= 4 is 45.7 Å². The summed E-state index contributed by atoms with van der Waals surface area (Å²) >= 11 is 7.80. The van der Waals surface area contributed by atoms with Crippen molar-refractivity contribution in [3.05, 3.63) is 74.9 Å². The van der Waals surface area contributed by atoms with Crippen LogP contribution in [0.1, 0.15) is 53.6 Å². The SMILES string of the molecule is COc1ccc(NC(=O)c2c(N=Cc3cccc(F)c3)sc3c2CC[C@H](C(C)(C)C)C3)cc1Cl. The van der Waals surface area contributed by atoms with Gasteiger partial charge >= 0.3 is 0 Å². The summed E-state index contributed by atoms with van der Waals surface area (Å²) in [7, 11) is 1.55. The Morgan fingerprint density at radius 2 is 2.06 bits per heavy atom. The van der Waals surface area contributed by atoms with Crippen LogP contribution in [-0.2, 0) is 12.8 Å². The molecule has 1 heterocycles. The molecular formula is C27H28ClFN2O2S. The Kier molecular flexibility index (Phi) is 7.10. The summed E-state index contributed by atoms with van der Waals surface area (Å²) in [6, 6.07) is 11.4.